The molecule has 0 aliphatic heterocycles. The first-order valence-corrected chi connectivity index (χ1v) is 4.55. The summed E-state index contributed by atoms with van der Waals surface area (Å²) < 4.78 is 29.9. The molecule has 1 rings (SSSR count). The number of aromatic nitrogens is 1. The highest BCUT2D eigenvalue weighted by Crippen LogP contribution is 2.26. The summed E-state index contributed by atoms with van der Waals surface area (Å²) in [5.74, 6) is -0.950. The van der Waals surface area contributed by atoms with E-state index in [9.17, 15) is 13.6 Å². The first-order chi connectivity index (χ1) is 8.04. The minimum atomic E-state index is -2.99. The maximum Gasteiger partial charge on any atom is 0.338 e. The number of halogens is 2. The molecule has 0 radical (unpaired) electrons. The fourth-order valence-corrected chi connectivity index (χ4v) is 1.30. The van der Waals surface area contributed by atoms with Crippen molar-refractivity contribution in [3.8, 4) is 6.07 Å². The molecule has 17 heavy (non-hydrogen) atoms. The zero-order valence-corrected chi connectivity index (χ0v) is 8.91. The van der Waals surface area contributed by atoms with E-state index in [2.05, 4.69) is 9.72 Å². The van der Waals surface area contributed by atoms with E-state index in [0.29, 0.717) is 0 Å². The summed E-state index contributed by atoms with van der Waals surface area (Å²) in [6.45, 7) is -0.0673. The van der Waals surface area contributed by atoms with Crippen molar-refractivity contribution in [2.24, 2.45) is 5.73 Å². The van der Waals surface area contributed by atoms with E-state index in [1.807, 2.05) is 0 Å². The SMILES string of the molecule is COC(=O)c1cc(CN)nc(C#N)c1C(F)F. The fourth-order valence-electron chi connectivity index (χ4n) is 1.30. The number of alkyl halides is 2. The van der Waals surface area contributed by atoms with Gasteiger partial charge in [0, 0.05) is 6.54 Å². The fraction of sp³-hybridized carbons (Fsp3) is 0.300. The second-order valence-corrected chi connectivity index (χ2v) is 3.03. The number of pyridine rings is 1. The number of nitrogens with two attached hydrogens (primary N) is 1. The van der Waals surface area contributed by atoms with Crippen molar-refractivity contribution >= 4 is 5.97 Å². The molecule has 0 unspecified atom stereocenters. The maximum absolute atomic E-state index is 12.8. The van der Waals surface area contributed by atoms with Crippen LogP contribution in [0.4, 0.5) is 8.78 Å². The Hall–Kier alpha value is -2.07. The average molecular weight is 241 g/mol. The molecule has 0 fully saturated rings. The molecule has 5 nitrogen and oxygen atoms in total. The minimum absolute atomic E-state index is 0.0673. The predicted molar refractivity (Wildman–Crippen MR) is 53.1 cm³/mol. The normalized spacial score (nSPS) is 10.1. The van der Waals surface area contributed by atoms with Gasteiger partial charge in [0.15, 0.2) is 5.69 Å². The van der Waals surface area contributed by atoms with Crippen LogP contribution in [0.5, 0.6) is 0 Å². The third-order valence-electron chi connectivity index (χ3n) is 2.05. The highest BCUT2D eigenvalue weighted by Gasteiger charge is 2.25. The highest BCUT2D eigenvalue weighted by atomic mass is 19.3. The number of methoxy groups -OCH3 is 1. The smallest absolute Gasteiger partial charge is 0.338 e. The number of nitriles is 1. The minimum Gasteiger partial charge on any atom is -0.465 e. The zero-order valence-electron chi connectivity index (χ0n) is 8.91. The average Bonchev–Trinajstić information content (AvgIpc) is 2.35. The molecule has 0 aliphatic rings. The first kappa shape index (κ1) is 13.0. The van der Waals surface area contributed by atoms with Gasteiger partial charge in [-0.15, -0.1) is 0 Å². The van der Waals surface area contributed by atoms with Gasteiger partial charge < -0.3 is 10.5 Å². The molecule has 0 bridgehead atoms. The summed E-state index contributed by atoms with van der Waals surface area (Å²) in [4.78, 5) is 15.0. The van der Waals surface area contributed by atoms with Crippen LogP contribution in [0.25, 0.3) is 0 Å². The van der Waals surface area contributed by atoms with E-state index >= 15 is 0 Å². The monoisotopic (exact) mass is 241 g/mol. The number of carbonyl (C=O) groups is 1. The van der Waals surface area contributed by atoms with Crippen molar-refractivity contribution in [3.63, 3.8) is 0 Å². The number of nitrogens with zero attached hydrogens (tertiary/aromatic N) is 2. The van der Waals surface area contributed by atoms with Gasteiger partial charge in [-0.05, 0) is 6.07 Å². The lowest BCUT2D eigenvalue weighted by molar-refractivity contribution is 0.0588. The molecule has 0 atom stereocenters. The summed E-state index contributed by atoms with van der Waals surface area (Å²) >= 11 is 0. The molecule has 1 aromatic heterocycles. The highest BCUT2D eigenvalue weighted by molar-refractivity contribution is 5.91. The van der Waals surface area contributed by atoms with Crippen molar-refractivity contribution in [1.82, 2.24) is 4.98 Å². The van der Waals surface area contributed by atoms with E-state index < -0.39 is 23.7 Å². The Kier molecular flexibility index (Phi) is 4.06. The van der Waals surface area contributed by atoms with Gasteiger partial charge in [0.05, 0.1) is 23.9 Å². The van der Waals surface area contributed by atoms with Crippen molar-refractivity contribution in [3.05, 3.63) is 28.6 Å². The molecule has 0 aliphatic carbocycles. The summed E-state index contributed by atoms with van der Waals surface area (Å²) in [6.07, 6.45) is -2.99. The van der Waals surface area contributed by atoms with Gasteiger partial charge in [0.25, 0.3) is 6.43 Å². The molecular weight excluding hydrogens is 232 g/mol. The number of carbonyl (C=O) groups excluding carboxylic acids is 1. The van der Waals surface area contributed by atoms with Crippen molar-refractivity contribution in [2.45, 2.75) is 13.0 Å². The summed E-state index contributed by atoms with van der Waals surface area (Å²) in [6, 6.07) is 2.62. The molecule has 0 aromatic carbocycles. The van der Waals surface area contributed by atoms with E-state index in [1.54, 1.807) is 0 Å². The van der Waals surface area contributed by atoms with Crippen LogP contribution in [0.1, 0.15) is 33.7 Å². The number of hydrogen-bond acceptors (Lipinski definition) is 5. The van der Waals surface area contributed by atoms with Crippen LogP contribution in [0.3, 0.4) is 0 Å². The standard InChI is InChI=1S/C10H9F2N3O2/c1-17-10(16)6-2-5(3-13)15-7(4-14)8(6)9(11)12/h2,9H,3,13H2,1H3. The first-order valence-electron chi connectivity index (χ1n) is 4.55. The van der Waals surface area contributed by atoms with Crippen LogP contribution in [-0.4, -0.2) is 18.1 Å². The van der Waals surface area contributed by atoms with E-state index in [0.717, 1.165) is 13.2 Å². The Morgan fingerprint density at radius 3 is 2.76 bits per heavy atom. The van der Waals surface area contributed by atoms with Gasteiger partial charge in [0.1, 0.15) is 6.07 Å². The molecule has 1 aromatic rings. The topological polar surface area (TPSA) is 89.0 Å². The second-order valence-electron chi connectivity index (χ2n) is 3.03. The van der Waals surface area contributed by atoms with Crippen LogP contribution < -0.4 is 5.73 Å². The van der Waals surface area contributed by atoms with Crippen LogP contribution in [0.15, 0.2) is 6.07 Å². The van der Waals surface area contributed by atoms with Crippen LogP contribution in [-0.2, 0) is 11.3 Å². The molecule has 0 spiro atoms. The van der Waals surface area contributed by atoms with Gasteiger partial charge in [0.2, 0.25) is 0 Å². The molecule has 7 heteroatoms. The third-order valence-corrected chi connectivity index (χ3v) is 2.05. The third kappa shape index (κ3) is 2.54. The molecule has 0 amide bonds. The van der Waals surface area contributed by atoms with Gasteiger partial charge in [-0.2, -0.15) is 5.26 Å². The van der Waals surface area contributed by atoms with Gasteiger partial charge in [-0.1, -0.05) is 0 Å². The Bertz CT molecular complexity index is 483. The molecular formula is C10H9F2N3O2. The van der Waals surface area contributed by atoms with E-state index in [1.165, 1.54) is 6.07 Å². The lowest BCUT2D eigenvalue weighted by Crippen LogP contribution is -2.13. The van der Waals surface area contributed by atoms with Gasteiger partial charge >= 0.3 is 5.97 Å². The number of rotatable bonds is 3. The molecule has 0 saturated carbocycles. The van der Waals surface area contributed by atoms with Gasteiger partial charge in [-0.3, -0.25) is 0 Å². The number of esters is 1. The maximum atomic E-state index is 12.8. The quantitative estimate of drug-likeness (QED) is 0.801. The molecule has 0 saturated heterocycles. The Morgan fingerprint density at radius 2 is 2.35 bits per heavy atom. The Morgan fingerprint density at radius 1 is 1.71 bits per heavy atom. The molecule has 1 heterocycles. The van der Waals surface area contributed by atoms with Crippen LogP contribution >= 0.6 is 0 Å². The Labute approximate surface area is 95.8 Å². The molecule has 90 valence electrons. The number of ether oxygens (including phenoxy) is 1. The summed E-state index contributed by atoms with van der Waals surface area (Å²) in [5.41, 5.74) is 3.85. The zero-order chi connectivity index (χ0) is 13.0. The van der Waals surface area contributed by atoms with Crippen LogP contribution in [0.2, 0.25) is 0 Å². The van der Waals surface area contributed by atoms with Crippen molar-refractivity contribution in [2.75, 3.05) is 7.11 Å². The van der Waals surface area contributed by atoms with Crippen molar-refractivity contribution < 1.29 is 18.3 Å². The largest absolute Gasteiger partial charge is 0.465 e. The second kappa shape index (κ2) is 5.32. The molecule has 2 N–H and O–H groups in total. The predicted octanol–water partition coefficient (Wildman–Crippen LogP) is 1.14. The number of hydrogen-bond donors (Lipinski definition) is 1. The van der Waals surface area contributed by atoms with Crippen molar-refractivity contribution in [1.29, 1.82) is 5.26 Å². The summed E-state index contributed by atoms with van der Waals surface area (Å²) in [5, 5.41) is 8.73. The lowest BCUT2D eigenvalue weighted by atomic mass is 10.1. The summed E-state index contributed by atoms with van der Waals surface area (Å²) in [7, 11) is 1.06. The van der Waals surface area contributed by atoms with E-state index in [-0.39, 0.29) is 17.8 Å². The lowest BCUT2D eigenvalue weighted by Gasteiger charge is -2.10. The van der Waals surface area contributed by atoms with E-state index in [4.69, 9.17) is 11.0 Å². The van der Waals surface area contributed by atoms with Gasteiger partial charge in [-0.25, -0.2) is 18.6 Å². The Balaban J connectivity index is 3.53. The van der Waals surface area contributed by atoms with Crippen LogP contribution in [0, 0.1) is 11.3 Å².